The zero-order valence-corrected chi connectivity index (χ0v) is 42.7. The van der Waals surface area contributed by atoms with Crippen LogP contribution in [0, 0.1) is 0 Å². The number of aromatic nitrogens is 1. The van der Waals surface area contributed by atoms with E-state index in [1.807, 2.05) is 11.3 Å². The second-order valence-corrected chi connectivity index (χ2v) is 22.1. The van der Waals surface area contributed by atoms with Crippen LogP contribution in [-0.4, -0.2) is 4.57 Å². The Morgan fingerprint density at radius 3 is 1.70 bits per heavy atom. The van der Waals surface area contributed by atoms with Gasteiger partial charge in [-0.05, 0) is 127 Å². The van der Waals surface area contributed by atoms with E-state index in [-0.39, 0.29) is 0 Å². The molecule has 3 heterocycles. The van der Waals surface area contributed by atoms with Gasteiger partial charge in [0.25, 0.3) is 0 Å². The van der Waals surface area contributed by atoms with Crippen molar-refractivity contribution in [1.29, 1.82) is 0 Å². The van der Waals surface area contributed by atoms with E-state index in [1.165, 1.54) is 126 Å². The maximum absolute atomic E-state index is 2.56. The number of para-hydroxylation sites is 3. The molecule has 14 aromatic rings. The molecule has 17 rings (SSSR count). The fourth-order valence-corrected chi connectivity index (χ4v) is 15.6. The number of rotatable bonds is 6. The summed E-state index contributed by atoms with van der Waals surface area (Å²) in [4.78, 5) is 2.56. The Morgan fingerprint density at radius 2 is 0.896 bits per heavy atom. The van der Waals surface area contributed by atoms with Crippen molar-refractivity contribution in [2.75, 3.05) is 4.90 Å². The minimum atomic E-state index is -0.599. The molecule has 77 heavy (non-hydrogen) atoms. The Bertz CT molecular complexity index is 4710. The lowest BCUT2D eigenvalue weighted by Gasteiger charge is -2.39. The first-order valence-electron chi connectivity index (χ1n) is 26.7. The number of fused-ring (bicyclic) bond motifs is 18. The number of anilines is 3. The molecule has 0 amide bonds. The van der Waals surface area contributed by atoms with E-state index in [4.69, 9.17) is 0 Å². The molecule has 358 valence electrons. The third-order valence-electron chi connectivity index (χ3n) is 17.5. The highest BCUT2D eigenvalue weighted by molar-refractivity contribution is 7.25. The molecular formula is C74H46N2S. The molecule has 0 bridgehead atoms. The first-order valence-corrected chi connectivity index (χ1v) is 27.6. The highest BCUT2D eigenvalue weighted by Gasteiger charge is 2.52. The number of thiophene rings is 1. The summed E-state index contributed by atoms with van der Waals surface area (Å²) in [7, 11) is 0. The van der Waals surface area contributed by atoms with E-state index in [0.717, 1.165) is 17.1 Å². The predicted octanol–water partition coefficient (Wildman–Crippen LogP) is 19.3. The summed E-state index contributed by atoms with van der Waals surface area (Å²) in [5, 5.41) is 5.19. The van der Waals surface area contributed by atoms with Crippen molar-refractivity contribution in [2.24, 2.45) is 0 Å². The van der Waals surface area contributed by atoms with Gasteiger partial charge in [-0.25, -0.2) is 0 Å². The van der Waals surface area contributed by atoms with Crippen LogP contribution in [-0.2, 0) is 10.8 Å². The number of nitrogens with zero attached hydrogens (tertiary/aromatic N) is 2. The monoisotopic (exact) mass is 994 g/mol. The average Bonchev–Trinajstić information content (AvgIpc) is 3.52. The van der Waals surface area contributed by atoms with Crippen molar-refractivity contribution in [3.05, 3.63) is 324 Å². The number of benzene rings is 12. The van der Waals surface area contributed by atoms with Crippen molar-refractivity contribution in [3.8, 4) is 39.1 Å². The van der Waals surface area contributed by atoms with Gasteiger partial charge in [0, 0.05) is 47.9 Å². The molecule has 1 spiro atoms. The molecule has 12 aromatic carbocycles. The highest BCUT2D eigenvalue weighted by atomic mass is 32.1. The van der Waals surface area contributed by atoms with Gasteiger partial charge in [-0.1, -0.05) is 224 Å². The van der Waals surface area contributed by atoms with Crippen LogP contribution < -0.4 is 4.90 Å². The summed E-state index contributed by atoms with van der Waals surface area (Å²) in [6.45, 7) is 0. The summed E-state index contributed by atoms with van der Waals surface area (Å²) in [6.07, 6.45) is 0. The second-order valence-electron chi connectivity index (χ2n) is 21.0. The Hall–Kier alpha value is -9.54. The van der Waals surface area contributed by atoms with Gasteiger partial charge in [0.15, 0.2) is 0 Å². The molecule has 0 N–H and O–H groups in total. The number of hydrogen-bond acceptors (Lipinski definition) is 2. The van der Waals surface area contributed by atoms with Gasteiger partial charge < -0.3 is 9.47 Å². The van der Waals surface area contributed by atoms with E-state index in [1.54, 1.807) is 0 Å². The highest BCUT2D eigenvalue weighted by Crippen LogP contribution is 2.64. The average molecular weight is 995 g/mol. The van der Waals surface area contributed by atoms with Gasteiger partial charge in [-0.3, -0.25) is 0 Å². The van der Waals surface area contributed by atoms with Crippen LogP contribution in [0.1, 0.15) is 44.5 Å². The van der Waals surface area contributed by atoms with Crippen molar-refractivity contribution < 1.29 is 0 Å². The largest absolute Gasteiger partial charge is 0.310 e. The van der Waals surface area contributed by atoms with Crippen LogP contribution in [0.15, 0.2) is 279 Å². The quantitative estimate of drug-likeness (QED) is 0.161. The normalized spacial score (nSPS) is 15.2. The van der Waals surface area contributed by atoms with Crippen molar-refractivity contribution in [1.82, 2.24) is 4.57 Å². The Balaban J connectivity index is 0.938. The summed E-state index contributed by atoms with van der Waals surface area (Å²) in [5.41, 5.74) is 23.6. The lowest BCUT2D eigenvalue weighted by Crippen LogP contribution is -2.33. The minimum absolute atomic E-state index is 0.566. The molecule has 1 unspecified atom stereocenters. The van der Waals surface area contributed by atoms with E-state index in [9.17, 15) is 0 Å². The molecule has 0 saturated carbocycles. The third kappa shape index (κ3) is 5.63. The molecule has 2 nitrogen and oxygen atoms in total. The maximum Gasteiger partial charge on any atom is 0.0755 e. The smallest absolute Gasteiger partial charge is 0.0755 e. The van der Waals surface area contributed by atoms with Gasteiger partial charge in [-0.2, -0.15) is 0 Å². The SMILES string of the molecule is c1ccc(C2(c3ccccc3)c3ccccc3-c3ccc(N(c4ccc(-c5ccc6c(c5)sc5ccccc56)cc4)c4cccc5c4-c4ccccc4C54c5ccccc5-n5c6ccccc6c6cccc4c65)cc32)cc1. The molecule has 0 radical (unpaired) electrons. The summed E-state index contributed by atoms with van der Waals surface area (Å²) < 4.78 is 5.16. The third-order valence-corrected chi connectivity index (χ3v) is 18.6. The van der Waals surface area contributed by atoms with Gasteiger partial charge in [0.05, 0.1) is 33.2 Å². The van der Waals surface area contributed by atoms with E-state index < -0.39 is 10.8 Å². The van der Waals surface area contributed by atoms with Gasteiger partial charge in [0.2, 0.25) is 0 Å². The van der Waals surface area contributed by atoms with Crippen LogP contribution in [0.25, 0.3) is 81.0 Å². The predicted molar refractivity (Wildman–Crippen MR) is 322 cm³/mol. The van der Waals surface area contributed by atoms with Gasteiger partial charge >= 0.3 is 0 Å². The van der Waals surface area contributed by atoms with Gasteiger partial charge in [0.1, 0.15) is 0 Å². The first-order chi connectivity index (χ1) is 38.2. The van der Waals surface area contributed by atoms with Crippen LogP contribution >= 0.6 is 11.3 Å². The molecule has 0 saturated heterocycles. The van der Waals surface area contributed by atoms with Crippen molar-refractivity contribution in [2.45, 2.75) is 10.8 Å². The molecule has 2 aliphatic carbocycles. The van der Waals surface area contributed by atoms with Crippen LogP contribution in [0.2, 0.25) is 0 Å². The minimum Gasteiger partial charge on any atom is -0.310 e. The molecule has 2 aromatic heterocycles. The topological polar surface area (TPSA) is 8.17 Å². The lowest BCUT2D eigenvalue weighted by molar-refractivity contribution is 0.748. The molecule has 1 aliphatic heterocycles. The number of hydrogen-bond donors (Lipinski definition) is 0. The van der Waals surface area contributed by atoms with Crippen molar-refractivity contribution >= 4 is 70.4 Å². The first kappa shape index (κ1) is 42.8. The molecular weight excluding hydrogens is 949 g/mol. The Labute approximate surface area is 450 Å². The summed E-state index contributed by atoms with van der Waals surface area (Å²) in [5.74, 6) is 0. The zero-order chi connectivity index (χ0) is 50.4. The maximum atomic E-state index is 2.56. The molecule has 0 fully saturated rings. The fraction of sp³-hybridized carbons (Fsp3) is 0.0270. The van der Waals surface area contributed by atoms with E-state index >= 15 is 0 Å². The van der Waals surface area contributed by atoms with Crippen LogP contribution in [0.5, 0.6) is 0 Å². The van der Waals surface area contributed by atoms with E-state index in [2.05, 4.69) is 289 Å². The van der Waals surface area contributed by atoms with Crippen molar-refractivity contribution in [3.63, 3.8) is 0 Å². The Kier molecular flexibility index (Phi) is 8.88. The fourth-order valence-electron chi connectivity index (χ4n) is 14.5. The van der Waals surface area contributed by atoms with Gasteiger partial charge in [-0.15, -0.1) is 11.3 Å². The van der Waals surface area contributed by atoms with Crippen LogP contribution in [0.4, 0.5) is 17.1 Å². The molecule has 3 heteroatoms. The zero-order valence-electron chi connectivity index (χ0n) is 41.9. The summed E-state index contributed by atoms with van der Waals surface area (Å²) in [6, 6.07) is 105. The molecule has 3 aliphatic rings. The van der Waals surface area contributed by atoms with Crippen LogP contribution in [0.3, 0.4) is 0 Å². The standard InChI is InChI=1S/C74H46N2S/c1-3-19-49(20-4-1)73(50-21-5-2-6-22-50)60-28-11-7-23-53(60)54-44-42-52(46-65(54)73)75(51-40-37-47(38-41-51)48-39-43-57-56-25-10-16-36-69(56)77-70(57)45-48)68-35-18-31-63-71(68)59-26-8-12-29-61(59)74(63)62-30-13-15-34-67(62)76-66-33-14-9-24-55(66)58-27-17-32-64(74)72(58)76/h1-46H. The van der Waals surface area contributed by atoms with E-state index in [0.29, 0.717) is 0 Å². The molecule has 1 atom stereocenters. The second kappa shape index (κ2) is 16.0. The lowest BCUT2D eigenvalue weighted by atomic mass is 9.65. The Morgan fingerprint density at radius 1 is 0.325 bits per heavy atom. The summed E-state index contributed by atoms with van der Waals surface area (Å²) >= 11 is 1.87.